The molecule has 1 saturated heterocycles. The van der Waals surface area contributed by atoms with Crippen LogP contribution in [0.25, 0.3) is 5.82 Å². The van der Waals surface area contributed by atoms with Gasteiger partial charge < -0.3 is 14.2 Å². The van der Waals surface area contributed by atoms with Crippen molar-refractivity contribution in [1.29, 1.82) is 0 Å². The van der Waals surface area contributed by atoms with E-state index in [9.17, 15) is 14.4 Å². The fourth-order valence-electron chi connectivity index (χ4n) is 2.94. The number of aromatic nitrogens is 5. The zero-order valence-electron chi connectivity index (χ0n) is 16.1. The SMILES string of the molecule is CC#Cc1cn([C@H]2C[C@H](OC(C)=O)[C@@H](COC(C)=O)O2)c(=O)nc1-n1cncn1. The lowest BCUT2D eigenvalue weighted by molar-refractivity contribution is -0.155. The van der Waals surface area contributed by atoms with E-state index in [-0.39, 0.29) is 18.8 Å². The summed E-state index contributed by atoms with van der Waals surface area (Å²) in [5.74, 6) is 4.89. The highest BCUT2D eigenvalue weighted by Gasteiger charge is 2.40. The lowest BCUT2D eigenvalue weighted by Crippen LogP contribution is -2.31. The van der Waals surface area contributed by atoms with Crippen LogP contribution >= 0.6 is 0 Å². The first-order valence-corrected chi connectivity index (χ1v) is 8.76. The van der Waals surface area contributed by atoms with Gasteiger partial charge in [0.25, 0.3) is 0 Å². The van der Waals surface area contributed by atoms with E-state index >= 15 is 0 Å². The highest BCUT2D eigenvalue weighted by molar-refractivity contribution is 5.66. The molecule has 0 saturated carbocycles. The summed E-state index contributed by atoms with van der Waals surface area (Å²) in [5.41, 5.74) is -0.162. The van der Waals surface area contributed by atoms with Gasteiger partial charge >= 0.3 is 17.6 Å². The molecule has 2 aromatic heterocycles. The van der Waals surface area contributed by atoms with Crippen LogP contribution in [0.4, 0.5) is 0 Å². The van der Waals surface area contributed by atoms with Gasteiger partial charge in [0, 0.05) is 26.5 Å². The van der Waals surface area contributed by atoms with Crippen LogP contribution in [0.2, 0.25) is 0 Å². The lowest BCUT2D eigenvalue weighted by atomic mass is 10.2. The molecule has 2 aromatic rings. The third kappa shape index (κ3) is 4.67. The third-order valence-corrected chi connectivity index (χ3v) is 4.09. The van der Waals surface area contributed by atoms with Crippen molar-refractivity contribution in [1.82, 2.24) is 24.3 Å². The minimum absolute atomic E-state index is 0.107. The molecule has 0 bridgehead atoms. The van der Waals surface area contributed by atoms with Crippen molar-refractivity contribution in [2.75, 3.05) is 6.61 Å². The fraction of sp³-hybridized carbons (Fsp3) is 0.444. The molecular weight excluding hydrogens is 382 g/mol. The van der Waals surface area contributed by atoms with Crippen molar-refractivity contribution >= 4 is 11.9 Å². The van der Waals surface area contributed by atoms with E-state index in [1.165, 1.54) is 41.9 Å². The lowest BCUT2D eigenvalue weighted by Gasteiger charge is -2.17. The molecule has 0 N–H and O–H groups in total. The Hall–Kier alpha value is -3.52. The Labute approximate surface area is 165 Å². The van der Waals surface area contributed by atoms with Crippen molar-refractivity contribution < 1.29 is 23.8 Å². The van der Waals surface area contributed by atoms with E-state index in [1.807, 2.05) is 0 Å². The van der Waals surface area contributed by atoms with Gasteiger partial charge in [0.2, 0.25) is 0 Å². The standard InChI is InChI=1S/C18H19N5O6/c1-4-5-13-7-22(18(26)21-17(13)23-10-19-9-20-23)16-6-14(28-12(3)25)15(29-16)8-27-11(2)24/h7,9-10,14-16H,6,8H2,1-3H3/t14-,15+,16+/m0/s1. The predicted octanol–water partition coefficient (Wildman–Crippen LogP) is -0.0223. The Bertz CT molecular complexity index is 1020. The van der Waals surface area contributed by atoms with Gasteiger partial charge in [0.1, 0.15) is 37.7 Å². The first-order chi connectivity index (χ1) is 13.9. The van der Waals surface area contributed by atoms with E-state index in [0.29, 0.717) is 5.56 Å². The van der Waals surface area contributed by atoms with E-state index < -0.39 is 36.1 Å². The van der Waals surface area contributed by atoms with Crippen LogP contribution in [-0.4, -0.2) is 55.1 Å². The summed E-state index contributed by atoms with van der Waals surface area (Å²) < 4.78 is 18.7. The minimum Gasteiger partial charge on any atom is -0.463 e. The quantitative estimate of drug-likeness (QED) is 0.501. The van der Waals surface area contributed by atoms with Gasteiger partial charge in [-0.15, -0.1) is 5.92 Å². The molecule has 1 aliphatic heterocycles. The van der Waals surface area contributed by atoms with Crippen LogP contribution in [-0.2, 0) is 23.8 Å². The number of esters is 2. The zero-order valence-corrected chi connectivity index (χ0v) is 16.1. The van der Waals surface area contributed by atoms with E-state index in [1.54, 1.807) is 6.92 Å². The van der Waals surface area contributed by atoms with Crippen molar-refractivity contribution in [3.05, 3.63) is 34.9 Å². The summed E-state index contributed by atoms with van der Waals surface area (Å²) in [6, 6.07) is 0. The first-order valence-electron chi connectivity index (χ1n) is 8.76. The summed E-state index contributed by atoms with van der Waals surface area (Å²) in [7, 11) is 0. The molecule has 0 radical (unpaired) electrons. The maximum atomic E-state index is 12.6. The molecule has 0 spiro atoms. The second-order valence-electron chi connectivity index (χ2n) is 6.20. The zero-order chi connectivity index (χ0) is 21.0. The highest BCUT2D eigenvalue weighted by Crippen LogP contribution is 2.30. The molecule has 1 aliphatic rings. The Morgan fingerprint density at radius 2 is 2.14 bits per heavy atom. The van der Waals surface area contributed by atoms with Gasteiger partial charge in [-0.25, -0.2) is 14.5 Å². The molecule has 11 nitrogen and oxygen atoms in total. The summed E-state index contributed by atoms with van der Waals surface area (Å²) in [5, 5.41) is 3.99. The average Bonchev–Trinajstić information content (AvgIpc) is 3.31. The Morgan fingerprint density at radius 1 is 1.34 bits per heavy atom. The van der Waals surface area contributed by atoms with Crippen molar-refractivity contribution in [3.8, 4) is 17.7 Å². The second-order valence-corrected chi connectivity index (χ2v) is 6.20. The molecule has 3 heterocycles. The number of nitrogens with zero attached hydrogens (tertiary/aromatic N) is 5. The summed E-state index contributed by atoms with van der Waals surface area (Å²) in [6.07, 6.45) is 2.25. The highest BCUT2D eigenvalue weighted by atomic mass is 16.6. The summed E-state index contributed by atoms with van der Waals surface area (Å²) in [6.45, 7) is 4.08. The monoisotopic (exact) mass is 401 g/mol. The molecule has 1 fully saturated rings. The van der Waals surface area contributed by atoms with Crippen LogP contribution in [0.15, 0.2) is 23.6 Å². The molecule has 0 aliphatic carbocycles. The number of ether oxygens (including phenoxy) is 3. The van der Waals surface area contributed by atoms with Crippen molar-refractivity contribution in [2.45, 2.75) is 45.6 Å². The number of hydrogen-bond donors (Lipinski definition) is 0. The van der Waals surface area contributed by atoms with E-state index in [2.05, 4.69) is 26.9 Å². The Kier molecular flexibility index (Phi) is 6.04. The molecule has 11 heteroatoms. The maximum Gasteiger partial charge on any atom is 0.351 e. The molecule has 0 unspecified atom stereocenters. The van der Waals surface area contributed by atoms with Gasteiger partial charge in [-0.2, -0.15) is 10.1 Å². The molecule has 0 amide bonds. The van der Waals surface area contributed by atoms with Crippen molar-refractivity contribution in [2.24, 2.45) is 0 Å². The smallest absolute Gasteiger partial charge is 0.351 e. The first kappa shape index (κ1) is 20.2. The fourth-order valence-corrected chi connectivity index (χ4v) is 2.94. The maximum absolute atomic E-state index is 12.6. The molecule has 29 heavy (non-hydrogen) atoms. The number of rotatable bonds is 5. The minimum atomic E-state index is -0.776. The van der Waals surface area contributed by atoms with Crippen LogP contribution in [0.5, 0.6) is 0 Å². The molecular formula is C18H19N5O6. The Balaban J connectivity index is 1.93. The van der Waals surface area contributed by atoms with Gasteiger partial charge in [0.05, 0.1) is 5.56 Å². The average molecular weight is 401 g/mol. The molecule has 152 valence electrons. The van der Waals surface area contributed by atoms with Crippen LogP contribution in [0.3, 0.4) is 0 Å². The second kappa shape index (κ2) is 8.66. The van der Waals surface area contributed by atoms with E-state index in [4.69, 9.17) is 14.2 Å². The van der Waals surface area contributed by atoms with Gasteiger partial charge in [-0.05, 0) is 6.92 Å². The van der Waals surface area contributed by atoms with Crippen molar-refractivity contribution in [3.63, 3.8) is 0 Å². The number of carbonyl (C=O) groups excluding carboxylic acids is 2. The van der Waals surface area contributed by atoms with Crippen LogP contribution < -0.4 is 5.69 Å². The normalized spacial score (nSPS) is 20.6. The molecule has 3 atom stereocenters. The molecule has 0 aromatic carbocycles. The van der Waals surface area contributed by atoms with Crippen LogP contribution in [0, 0.1) is 11.8 Å². The van der Waals surface area contributed by atoms with Crippen LogP contribution in [0.1, 0.15) is 39.0 Å². The summed E-state index contributed by atoms with van der Waals surface area (Å²) in [4.78, 5) is 43.1. The topological polar surface area (TPSA) is 127 Å². The number of hydrogen-bond acceptors (Lipinski definition) is 9. The van der Waals surface area contributed by atoms with E-state index in [0.717, 1.165) is 0 Å². The number of carbonyl (C=O) groups is 2. The third-order valence-electron chi connectivity index (χ3n) is 4.09. The summed E-state index contributed by atoms with van der Waals surface area (Å²) >= 11 is 0. The Morgan fingerprint density at radius 3 is 2.76 bits per heavy atom. The van der Waals surface area contributed by atoms with Gasteiger partial charge in [-0.3, -0.25) is 14.2 Å². The van der Waals surface area contributed by atoms with Gasteiger partial charge in [0.15, 0.2) is 5.82 Å². The van der Waals surface area contributed by atoms with Gasteiger partial charge in [-0.1, -0.05) is 5.92 Å². The largest absolute Gasteiger partial charge is 0.463 e. The predicted molar refractivity (Wildman–Crippen MR) is 96.7 cm³/mol. The molecule has 3 rings (SSSR count).